The fourth-order valence-corrected chi connectivity index (χ4v) is 3.46. The van der Waals surface area contributed by atoms with E-state index in [1.165, 1.54) is 0 Å². The Kier molecular flexibility index (Phi) is 9.37. The molecule has 1 aliphatic heterocycles. The number of methoxy groups -OCH3 is 1. The van der Waals surface area contributed by atoms with Crippen LogP contribution in [0.2, 0.25) is 0 Å². The summed E-state index contributed by atoms with van der Waals surface area (Å²) in [5, 5.41) is 6.74. The minimum absolute atomic E-state index is 0.0501. The van der Waals surface area contributed by atoms with Crippen molar-refractivity contribution in [1.29, 1.82) is 0 Å². The normalized spacial score (nSPS) is 15.8. The monoisotopic (exact) mass is 441 g/mol. The van der Waals surface area contributed by atoms with Gasteiger partial charge in [-0.05, 0) is 32.0 Å². The number of piperazine rings is 1. The molecule has 1 unspecified atom stereocenters. The minimum atomic E-state index is -0.0501. The first-order valence-corrected chi connectivity index (χ1v) is 11.2. The first-order valence-electron chi connectivity index (χ1n) is 11.2. The molecular weight excluding hydrogens is 406 g/mol. The Morgan fingerprint density at radius 1 is 1.09 bits per heavy atom. The van der Waals surface area contributed by atoms with Gasteiger partial charge in [0.1, 0.15) is 17.6 Å². The Morgan fingerprint density at radius 3 is 2.56 bits per heavy atom. The Labute approximate surface area is 190 Å². The smallest absolute Gasteiger partial charge is 0.225 e. The highest BCUT2D eigenvalue weighted by molar-refractivity contribution is 5.79. The molecule has 1 aromatic heterocycles. The predicted molar refractivity (Wildman–Crippen MR) is 128 cm³/mol. The minimum Gasteiger partial charge on any atom is -0.497 e. The number of anilines is 1. The van der Waals surface area contributed by atoms with Crippen molar-refractivity contribution in [1.82, 2.24) is 25.5 Å². The van der Waals surface area contributed by atoms with E-state index in [4.69, 9.17) is 9.47 Å². The Hall–Kier alpha value is -3.07. The summed E-state index contributed by atoms with van der Waals surface area (Å²) in [6, 6.07) is 9.48. The van der Waals surface area contributed by atoms with Crippen molar-refractivity contribution >= 4 is 11.9 Å². The molecule has 9 nitrogen and oxygen atoms in total. The predicted octanol–water partition coefficient (Wildman–Crippen LogP) is 1.63. The van der Waals surface area contributed by atoms with Gasteiger partial charge in [-0.2, -0.15) is 0 Å². The van der Waals surface area contributed by atoms with Gasteiger partial charge in [0.05, 0.1) is 13.7 Å². The quantitative estimate of drug-likeness (QED) is 0.425. The van der Waals surface area contributed by atoms with Crippen LogP contribution < -0.4 is 25.0 Å². The van der Waals surface area contributed by atoms with E-state index >= 15 is 0 Å². The van der Waals surface area contributed by atoms with Crippen LogP contribution in [0.15, 0.2) is 47.7 Å². The highest BCUT2D eigenvalue weighted by Gasteiger charge is 2.18. The van der Waals surface area contributed by atoms with Gasteiger partial charge in [0.2, 0.25) is 5.95 Å². The zero-order valence-corrected chi connectivity index (χ0v) is 19.3. The van der Waals surface area contributed by atoms with Crippen molar-refractivity contribution in [3.8, 4) is 11.5 Å². The number of nitrogens with zero attached hydrogens (tertiary/aromatic N) is 5. The lowest BCUT2D eigenvalue weighted by Gasteiger charge is -2.34. The van der Waals surface area contributed by atoms with E-state index in [1.807, 2.05) is 37.3 Å². The third-order valence-corrected chi connectivity index (χ3v) is 5.16. The van der Waals surface area contributed by atoms with E-state index in [9.17, 15) is 0 Å². The first kappa shape index (κ1) is 23.6. The molecule has 0 spiro atoms. The summed E-state index contributed by atoms with van der Waals surface area (Å²) in [7, 11) is 1.65. The number of guanidine groups is 1. The van der Waals surface area contributed by atoms with E-state index < -0.39 is 0 Å². The highest BCUT2D eigenvalue weighted by atomic mass is 16.5. The number of hydrogen-bond acceptors (Lipinski definition) is 7. The van der Waals surface area contributed by atoms with E-state index in [0.29, 0.717) is 6.54 Å². The molecule has 1 aromatic carbocycles. The van der Waals surface area contributed by atoms with Gasteiger partial charge in [-0.15, -0.1) is 0 Å². The fourth-order valence-electron chi connectivity index (χ4n) is 3.46. The average Bonchev–Trinajstić information content (AvgIpc) is 2.83. The van der Waals surface area contributed by atoms with Crippen LogP contribution in [0.4, 0.5) is 5.95 Å². The zero-order valence-electron chi connectivity index (χ0n) is 19.3. The Morgan fingerprint density at radius 2 is 1.84 bits per heavy atom. The van der Waals surface area contributed by atoms with Crippen molar-refractivity contribution in [3.63, 3.8) is 0 Å². The fraction of sp³-hybridized carbons (Fsp3) is 0.522. The molecule has 1 aliphatic rings. The second-order valence-corrected chi connectivity index (χ2v) is 7.63. The van der Waals surface area contributed by atoms with E-state index in [1.54, 1.807) is 19.5 Å². The largest absolute Gasteiger partial charge is 0.497 e. The summed E-state index contributed by atoms with van der Waals surface area (Å²) < 4.78 is 11.2. The molecule has 2 N–H and O–H groups in total. The van der Waals surface area contributed by atoms with E-state index in [-0.39, 0.29) is 6.10 Å². The summed E-state index contributed by atoms with van der Waals surface area (Å²) in [5.74, 6) is 3.19. The molecule has 1 fully saturated rings. The van der Waals surface area contributed by atoms with Gasteiger partial charge >= 0.3 is 0 Å². The molecular formula is C23H35N7O2. The van der Waals surface area contributed by atoms with Crippen LogP contribution >= 0.6 is 0 Å². The SMILES string of the molecule is CCNC(=NCC(C)Oc1cccc(OC)c1)NCCN1CCN(c2ncccn2)CC1. The zero-order chi connectivity index (χ0) is 22.6. The lowest BCUT2D eigenvalue weighted by Crippen LogP contribution is -2.49. The van der Waals surface area contributed by atoms with Crippen molar-refractivity contribution in [2.75, 3.05) is 64.4 Å². The van der Waals surface area contributed by atoms with Crippen molar-refractivity contribution in [2.24, 2.45) is 4.99 Å². The number of benzene rings is 1. The third-order valence-electron chi connectivity index (χ3n) is 5.16. The molecule has 9 heteroatoms. The van der Waals surface area contributed by atoms with Crippen molar-refractivity contribution in [2.45, 2.75) is 20.0 Å². The number of ether oxygens (including phenoxy) is 2. The number of hydrogen-bond donors (Lipinski definition) is 2. The second-order valence-electron chi connectivity index (χ2n) is 7.63. The first-order chi connectivity index (χ1) is 15.7. The van der Waals surface area contributed by atoms with Crippen molar-refractivity contribution < 1.29 is 9.47 Å². The maximum Gasteiger partial charge on any atom is 0.225 e. The molecule has 0 amide bonds. The van der Waals surface area contributed by atoms with Gasteiger partial charge in [0.15, 0.2) is 5.96 Å². The summed E-state index contributed by atoms with van der Waals surface area (Å²) in [6.45, 7) is 11.1. The molecule has 1 atom stereocenters. The van der Waals surface area contributed by atoms with Crippen LogP contribution in [-0.4, -0.2) is 86.4 Å². The number of rotatable bonds is 10. The lowest BCUT2D eigenvalue weighted by atomic mass is 10.3. The molecule has 0 aliphatic carbocycles. The van der Waals surface area contributed by atoms with Gasteiger partial charge in [0.25, 0.3) is 0 Å². The van der Waals surface area contributed by atoms with Crippen molar-refractivity contribution in [3.05, 3.63) is 42.7 Å². The topological polar surface area (TPSA) is 87.1 Å². The van der Waals surface area contributed by atoms with Crippen LogP contribution in [0.1, 0.15) is 13.8 Å². The van der Waals surface area contributed by atoms with E-state index in [0.717, 1.165) is 69.2 Å². The maximum absolute atomic E-state index is 5.97. The summed E-state index contributed by atoms with van der Waals surface area (Å²) >= 11 is 0. The van der Waals surface area contributed by atoms with E-state index in [2.05, 4.69) is 42.3 Å². The molecule has 0 radical (unpaired) electrons. The van der Waals surface area contributed by atoms with Crippen LogP contribution in [-0.2, 0) is 0 Å². The Bertz CT molecular complexity index is 826. The third kappa shape index (κ3) is 7.56. The average molecular weight is 442 g/mol. The number of aromatic nitrogens is 2. The summed E-state index contributed by atoms with van der Waals surface area (Å²) in [5.41, 5.74) is 0. The van der Waals surface area contributed by atoms with Gasteiger partial charge in [-0.1, -0.05) is 6.07 Å². The molecule has 2 heterocycles. The van der Waals surface area contributed by atoms with Crippen LogP contribution in [0.3, 0.4) is 0 Å². The highest BCUT2D eigenvalue weighted by Crippen LogP contribution is 2.20. The van der Waals surface area contributed by atoms with Crippen LogP contribution in [0, 0.1) is 0 Å². The number of nitrogens with one attached hydrogen (secondary N) is 2. The molecule has 32 heavy (non-hydrogen) atoms. The van der Waals surface area contributed by atoms with Crippen LogP contribution in [0.5, 0.6) is 11.5 Å². The molecule has 2 aromatic rings. The second kappa shape index (κ2) is 12.7. The molecule has 3 rings (SSSR count). The van der Waals surface area contributed by atoms with Gasteiger partial charge in [-0.25, -0.2) is 15.0 Å². The van der Waals surface area contributed by atoms with Gasteiger partial charge in [0, 0.05) is 64.3 Å². The van der Waals surface area contributed by atoms with Gasteiger partial charge in [-0.3, -0.25) is 4.90 Å². The summed E-state index contributed by atoms with van der Waals surface area (Å²) in [4.78, 5) is 18.1. The standard InChI is InChI=1S/C23H35N7O2/c1-4-24-22(28-18-19(2)32-21-8-5-7-20(17-21)31-3)25-11-12-29-13-15-30(16-14-29)23-26-9-6-10-27-23/h5-10,17,19H,4,11-16,18H2,1-3H3,(H2,24,25,28). The lowest BCUT2D eigenvalue weighted by molar-refractivity contribution is 0.229. The summed E-state index contributed by atoms with van der Waals surface area (Å²) in [6.07, 6.45) is 3.54. The maximum atomic E-state index is 5.97. The molecule has 1 saturated heterocycles. The van der Waals surface area contributed by atoms with Crippen LogP contribution in [0.25, 0.3) is 0 Å². The van der Waals surface area contributed by atoms with Gasteiger partial charge < -0.3 is 25.0 Å². The Balaban J connectivity index is 1.39. The molecule has 0 bridgehead atoms. The molecule has 174 valence electrons. The molecule has 0 saturated carbocycles. The number of aliphatic imine (C=N–C) groups is 1.